The van der Waals surface area contributed by atoms with Crippen LogP contribution in [0, 0.1) is 0 Å². The van der Waals surface area contributed by atoms with E-state index >= 15 is 0 Å². The molecule has 0 amide bonds. The van der Waals surface area contributed by atoms with Crippen molar-refractivity contribution in [2.24, 2.45) is 0 Å². The number of anilines is 2. The van der Waals surface area contributed by atoms with Crippen LogP contribution in [0.4, 0.5) is 11.4 Å². The molecule has 0 radical (unpaired) electrons. The van der Waals surface area contributed by atoms with Gasteiger partial charge < -0.3 is 15.4 Å². The van der Waals surface area contributed by atoms with Gasteiger partial charge in [-0.2, -0.15) is 0 Å². The van der Waals surface area contributed by atoms with E-state index < -0.39 is 0 Å². The standard InChI is InChI=1S/C17H20N4OS2/c1-3-12-4-6-13(7-5-12)18-16(23)20-21-17(24)19-14-8-10-15(22-2)11-9-14/h4-11H,3H2,1-2H3,(H2,18,20,23)(H2,19,21,24). The van der Waals surface area contributed by atoms with Gasteiger partial charge in [0, 0.05) is 11.4 Å². The molecule has 0 aromatic heterocycles. The van der Waals surface area contributed by atoms with Gasteiger partial charge in [0.05, 0.1) is 7.11 Å². The van der Waals surface area contributed by atoms with Crippen molar-refractivity contribution in [3.05, 3.63) is 54.1 Å². The third kappa shape index (κ3) is 5.68. The van der Waals surface area contributed by atoms with Gasteiger partial charge in [0.1, 0.15) is 5.75 Å². The van der Waals surface area contributed by atoms with Crippen LogP contribution in [-0.4, -0.2) is 17.3 Å². The van der Waals surface area contributed by atoms with E-state index in [0.29, 0.717) is 10.2 Å². The van der Waals surface area contributed by atoms with Crippen molar-refractivity contribution in [2.45, 2.75) is 13.3 Å². The Morgan fingerprint density at radius 3 is 1.71 bits per heavy atom. The number of rotatable bonds is 4. The van der Waals surface area contributed by atoms with E-state index in [9.17, 15) is 0 Å². The molecule has 0 aliphatic rings. The van der Waals surface area contributed by atoms with Crippen molar-refractivity contribution in [3.8, 4) is 5.75 Å². The first kappa shape index (κ1) is 18.0. The van der Waals surface area contributed by atoms with Crippen molar-refractivity contribution >= 4 is 46.0 Å². The van der Waals surface area contributed by atoms with Crippen LogP contribution >= 0.6 is 24.4 Å². The van der Waals surface area contributed by atoms with Gasteiger partial charge in [0.2, 0.25) is 0 Å². The van der Waals surface area contributed by atoms with Gasteiger partial charge in [0.15, 0.2) is 10.2 Å². The van der Waals surface area contributed by atoms with Crippen LogP contribution in [0.2, 0.25) is 0 Å². The molecule has 24 heavy (non-hydrogen) atoms. The van der Waals surface area contributed by atoms with Crippen LogP contribution in [-0.2, 0) is 6.42 Å². The monoisotopic (exact) mass is 360 g/mol. The molecule has 0 spiro atoms. The molecule has 2 aromatic rings. The lowest BCUT2D eigenvalue weighted by Gasteiger charge is -2.14. The maximum atomic E-state index is 5.22. The predicted octanol–water partition coefficient (Wildman–Crippen LogP) is 3.45. The molecule has 0 saturated carbocycles. The average molecular weight is 361 g/mol. The minimum Gasteiger partial charge on any atom is -0.497 e. The van der Waals surface area contributed by atoms with E-state index in [1.165, 1.54) is 5.56 Å². The van der Waals surface area contributed by atoms with Gasteiger partial charge in [-0.25, -0.2) is 0 Å². The highest BCUT2D eigenvalue weighted by Crippen LogP contribution is 2.14. The Bertz CT molecular complexity index is 625. The maximum Gasteiger partial charge on any atom is 0.189 e. The Morgan fingerprint density at radius 2 is 1.29 bits per heavy atom. The molecular weight excluding hydrogens is 340 g/mol. The third-order valence-electron chi connectivity index (χ3n) is 3.26. The summed E-state index contributed by atoms with van der Waals surface area (Å²) >= 11 is 10.4. The normalized spacial score (nSPS) is 9.75. The van der Waals surface area contributed by atoms with E-state index in [2.05, 4.69) is 40.5 Å². The van der Waals surface area contributed by atoms with Gasteiger partial charge in [-0.1, -0.05) is 19.1 Å². The molecule has 0 fully saturated rings. The fourth-order valence-electron chi connectivity index (χ4n) is 1.94. The Labute approximate surface area is 152 Å². The molecule has 0 unspecified atom stereocenters. The molecular formula is C17H20N4OS2. The van der Waals surface area contributed by atoms with Gasteiger partial charge in [-0.05, 0) is 72.8 Å². The zero-order valence-corrected chi connectivity index (χ0v) is 15.2. The van der Waals surface area contributed by atoms with E-state index in [4.69, 9.17) is 29.2 Å². The van der Waals surface area contributed by atoms with Crippen LogP contribution in [0.1, 0.15) is 12.5 Å². The fourth-order valence-corrected chi connectivity index (χ4v) is 2.27. The molecule has 4 N–H and O–H groups in total. The molecule has 0 aliphatic carbocycles. The largest absolute Gasteiger partial charge is 0.497 e. The molecule has 7 heteroatoms. The highest BCUT2D eigenvalue weighted by atomic mass is 32.1. The highest BCUT2D eigenvalue weighted by molar-refractivity contribution is 7.81. The fraction of sp³-hybridized carbons (Fsp3) is 0.176. The van der Waals surface area contributed by atoms with E-state index in [1.807, 2.05) is 36.4 Å². The lowest BCUT2D eigenvalue weighted by molar-refractivity contribution is 0.415. The van der Waals surface area contributed by atoms with E-state index in [0.717, 1.165) is 23.5 Å². The first-order chi connectivity index (χ1) is 11.6. The summed E-state index contributed by atoms with van der Waals surface area (Å²) in [5.74, 6) is 0.789. The molecule has 0 heterocycles. The summed E-state index contributed by atoms with van der Waals surface area (Å²) in [7, 11) is 1.63. The Hall–Kier alpha value is -2.38. The quantitative estimate of drug-likeness (QED) is 0.492. The SMILES string of the molecule is CCc1ccc(NC(=S)NNC(=S)Nc2ccc(OC)cc2)cc1. The van der Waals surface area contributed by atoms with E-state index in [1.54, 1.807) is 7.11 Å². The number of hydrogen-bond donors (Lipinski definition) is 4. The van der Waals surface area contributed by atoms with Crippen LogP contribution < -0.4 is 26.2 Å². The molecule has 0 bridgehead atoms. The third-order valence-corrected chi connectivity index (χ3v) is 3.67. The molecule has 5 nitrogen and oxygen atoms in total. The Kier molecular flexibility index (Phi) is 6.77. The lowest BCUT2D eigenvalue weighted by Crippen LogP contribution is -2.45. The van der Waals surface area contributed by atoms with Gasteiger partial charge in [-0.3, -0.25) is 10.9 Å². The first-order valence-corrected chi connectivity index (χ1v) is 8.29. The van der Waals surface area contributed by atoms with Crippen LogP contribution in [0.5, 0.6) is 5.75 Å². The number of aryl methyl sites for hydroxylation is 1. The topological polar surface area (TPSA) is 57.3 Å². The average Bonchev–Trinajstić information content (AvgIpc) is 2.61. The number of benzene rings is 2. The zero-order valence-electron chi connectivity index (χ0n) is 13.6. The Morgan fingerprint density at radius 1 is 0.833 bits per heavy atom. The molecule has 2 aromatic carbocycles. The van der Waals surface area contributed by atoms with Crippen molar-refractivity contribution < 1.29 is 4.74 Å². The first-order valence-electron chi connectivity index (χ1n) is 7.47. The smallest absolute Gasteiger partial charge is 0.189 e. The second-order valence-corrected chi connectivity index (χ2v) is 5.75. The number of hydrazine groups is 1. The van der Waals surface area contributed by atoms with Crippen LogP contribution in [0.3, 0.4) is 0 Å². The summed E-state index contributed by atoms with van der Waals surface area (Å²) in [5.41, 5.74) is 8.73. The summed E-state index contributed by atoms with van der Waals surface area (Å²) in [5, 5.41) is 6.96. The van der Waals surface area contributed by atoms with Crippen molar-refractivity contribution in [1.82, 2.24) is 10.9 Å². The molecule has 0 atom stereocenters. The zero-order chi connectivity index (χ0) is 17.4. The molecule has 126 valence electrons. The lowest BCUT2D eigenvalue weighted by atomic mass is 10.1. The maximum absolute atomic E-state index is 5.22. The number of methoxy groups -OCH3 is 1. The second-order valence-electron chi connectivity index (χ2n) is 4.94. The summed E-state index contributed by atoms with van der Waals surface area (Å²) < 4.78 is 5.11. The summed E-state index contributed by atoms with van der Waals surface area (Å²) in [4.78, 5) is 0. The van der Waals surface area contributed by atoms with Crippen molar-refractivity contribution in [1.29, 1.82) is 0 Å². The molecule has 0 saturated heterocycles. The summed E-state index contributed by atoms with van der Waals surface area (Å²) in [6, 6.07) is 15.6. The molecule has 2 rings (SSSR count). The number of nitrogens with one attached hydrogen (secondary N) is 4. The van der Waals surface area contributed by atoms with Crippen LogP contribution in [0.15, 0.2) is 48.5 Å². The van der Waals surface area contributed by atoms with Crippen LogP contribution in [0.25, 0.3) is 0 Å². The summed E-state index contributed by atoms with van der Waals surface area (Å²) in [6.07, 6.45) is 1.01. The highest BCUT2D eigenvalue weighted by Gasteiger charge is 2.01. The number of ether oxygens (including phenoxy) is 1. The van der Waals surface area contributed by atoms with Gasteiger partial charge >= 0.3 is 0 Å². The number of thiocarbonyl (C=S) groups is 2. The van der Waals surface area contributed by atoms with Crippen molar-refractivity contribution in [2.75, 3.05) is 17.7 Å². The van der Waals surface area contributed by atoms with Gasteiger partial charge in [-0.15, -0.1) is 0 Å². The minimum atomic E-state index is 0.408. The molecule has 0 aliphatic heterocycles. The van der Waals surface area contributed by atoms with Crippen molar-refractivity contribution in [3.63, 3.8) is 0 Å². The Balaban J connectivity index is 1.76. The second kappa shape index (κ2) is 9.05. The van der Waals surface area contributed by atoms with Gasteiger partial charge in [0.25, 0.3) is 0 Å². The number of hydrogen-bond acceptors (Lipinski definition) is 3. The predicted molar refractivity (Wildman–Crippen MR) is 108 cm³/mol. The van der Waals surface area contributed by atoms with E-state index in [-0.39, 0.29) is 0 Å². The summed E-state index contributed by atoms with van der Waals surface area (Å²) in [6.45, 7) is 2.12. The minimum absolute atomic E-state index is 0.408.